The summed E-state index contributed by atoms with van der Waals surface area (Å²) in [6.45, 7) is 0. The largest absolute Gasteiger partial charge is 0.508 e. The molecule has 0 bridgehead atoms. The molecule has 2 aliphatic rings. The molecule has 2 N–H and O–H groups in total. The topological polar surface area (TPSA) is 87.1 Å². The van der Waals surface area contributed by atoms with E-state index >= 15 is 0 Å². The van der Waals surface area contributed by atoms with Gasteiger partial charge in [-0.3, -0.25) is 14.5 Å². The van der Waals surface area contributed by atoms with Crippen LogP contribution in [-0.4, -0.2) is 29.0 Å². The van der Waals surface area contributed by atoms with E-state index in [9.17, 15) is 19.8 Å². The maximum Gasteiger partial charge on any atom is 0.300 e. The summed E-state index contributed by atoms with van der Waals surface area (Å²) in [4.78, 5) is 28.0. The number of phenolic OH excluding ortho intramolecular Hbond substituents is 1. The summed E-state index contributed by atoms with van der Waals surface area (Å²) in [7, 11) is 1.48. The number of ether oxygens (including phenoxy) is 1. The number of amides is 1. The number of hydrogen-bond acceptors (Lipinski definition) is 5. The molecule has 1 aliphatic carbocycles. The van der Waals surface area contributed by atoms with Gasteiger partial charge in [-0.2, -0.15) is 0 Å². The van der Waals surface area contributed by atoms with E-state index in [1.54, 1.807) is 36.4 Å². The van der Waals surface area contributed by atoms with Crippen molar-refractivity contribution in [2.75, 3.05) is 12.0 Å². The van der Waals surface area contributed by atoms with Gasteiger partial charge < -0.3 is 14.9 Å². The van der Waals surface area contributed by atoms with E-state index in [0.29, 0.717) is 22.6 Å². The second-order valence-electron chi connectivity index (χ2n) is 8.77. The molecule has 0 saturated carbocycles. The molecule has 1 fully saturated rings. The molecular weight excluding hydrogens is 466 g/mol. The highest BCUT2D eigenvalue weighted by atomic mass is 35.5. The van der Waals surface area contributed by atoms with Crippen LogP contribution in [0.5, 0.6) is 11.5 Å². The second-order valence-corrected chi connectivity index (χ2v) is 9.18. The van der Waals surface area contributed by atoms with E-state index in [1.807, 2.05) is 12.1 Å². The molecule has 3 aromatic carbocycles. The van der Waals surface area contributed by atoms with Gasteiger partial charge in [0.2, 0.25) is 0 Å². The summed E-state index contributed by atoms with van der Waals surface area (Å²) in [6, 6.07) is 15.8. The van der Waals surface area contributed by atoms with Crippen LogP contribution in [0.15, 0.2) is 66.2 Å². The molecule has 6 nitrogen and oxygen atoms in total. The predicted molar refractivity (Wildman–Crippen MR) is 134 cm³/mol. The molecule has 178 valence electrons. The van der Waals surface area contributed by atoms with Crippen molar-refractivity contribution in [2.24, 2.45) is 0 Å². The Morgan fingerprint density at radius 2 is 1.77 bits per heavy atom. The minimum absolute atomic E-state index is 0.0189. The number of carbonyl (C=O) groups is 2. The zero-order chi connectivity index (χ0) is 24.7. The van der Waals surface area contributed by atoms with E-state index < -0.39 is 17.7 Å². The van der Waals surface area contributed by atoms with Crippen molar-refractivity contribution in [3.63, 3.8) is 0 Å². The number of aromatic hydroxyl groups is 1. The number of ketones is 1. The lowest BCUT2D eigenvalue weighted by Crippen LogP contribution is -2.29. The van der Waals surface area contributed by atoms with Crippen molar-refractivity contribution in [1.29, 1.82) is 0 Å². The number of fused-ring (bicyclic) bond motifs is 1. The van der Waals surface area contributed by atoms with Gasteiger partial charge >= 0.3 is 0 Å². The highest BCUT2D eigenvalue weighted by molar-refractivity contribution is 6.51. The molecule has 1 aliphatic heterocycles. The smallest absolute Gasteiger partial charge is 0.300 e. The van der Waals surface area contributed by atoms with Gasteiger partial charge in [0, 0.05) is 11.3 Å². The molecule has 1 unspecified atom stereocenters. The van der Waals surface area contributed by atoms with Crippen molar-refractivity contribution in [2.45, 2.75) is 31.7 Å². The highest BCUT2D eigenvalue weighted by Crippen LogP contribution is 2.44. The van der Waals surface area contributed by atoms with Crippen molar-refractivity contribution in [1.82, 2.24) is 0 Å². The number of rotatable bonds is 4. The van der Waals surface area contributed by atoms with Crippen molar-refractivity contribution in [3.8, 4) is 11.5 Å². The minimum Gasteiger partial charge on any atom is -0.508 e. The number of nitrogens with zero attached hydrogens (tertiary/aromatic N) is 1. The minimum atomic E-state index is -0.956. The van der Waals surface area contributed by atoms with E-state index in [0.717, 1.165) is 31.2 Å². The first-order chi connectivity index (χ1) is 16.9. The van der Waals surface area contributed by atoms with Crippen LogP contribution in [0.1, 0.15) is 41.1 Å². The van der Waals surface area contributed by atoms with Crippen LogP contribution in [0.3, 0.4) is 0 Å². The number of methoxy groups -OCH3 is 1. The van der Waals surface area contributed by atoms with E-state index in [4.69, 9.17) is 16.3 Å². The Kier molecular flexibility index (Phi) is 5.99. The molecule has 0 radical (unpaired) electrons. The molecule has 7 heteroatoms. The van der Waals surface area contributed by atoms with Crippen LogP contribution in [0.4, 0.5) is 5.69 Å². The lowest BCUT2D eigenvalue weighted by molar-refractivity contribution is -0.132. The first kappa shape index (κ1) is 23.0. The highest BCUT2D eigenvalue weighted by Gasteiger charge is 2.47. The van der Waals surface area contributed by atoms with Crippen LogP contribution in [0, 0.1) is 0 Å². The molecule has 1 saturated heterocycles. The SMILES string of the molecule is COc1ccc(N2C(=O)C(=O)/C(=C(\O)c3ccc4c(c3)CCCC4)C2c2cccc(O)c2)cc1Cl. The molecule has 5 rings (SSSR count). The summed E-state index contributed by atoms with van der Waals surface area (Å²) in [5.74, 6) is -1.43. The molecule has 0 spiro atoms. The van der Waals surface area contributed by atoms with Gasteiger partial charge in [0.25, 0.3) is 11.7 Å². The van der Waals surface area contributed by atoms with Crippen LogP contribution >= 0.6 is 11.6 Å². The molecular formula is C28H24ClNO5. The Morgan fingerprint density at radius 1 is 1.00 bits per heavy atom. The quantitative estimate of drug-likeness (QED) is 0.284. The average molecular weight is 490 g/mol. The fourth-order valence-corrected chi connectivity index (χ4v) is 5.20. The lowest BCUT2D eigenvalue weighted by Gasteiger charge is -2.26. The predicted octanol–water partition coefficient (Wildman–Crippen LogP) is 5.56. The van der Waals surface area contributed by atoms with Gasteiger partial charge in [0.1, 0.15) is 17.3 Å². The van der Waals surface area contributed by atoms with Gasteiger partial charge in [0.15, 0.2) is 0 Å². The van der Waals surface area contributed by atoms with Crippen LogP contribution < -0.4 is 9.64 Å². The van der Waals surface area contributed by atoms with Gasteiger partial charge in [0.05, 0.1) is 23.7 Å². The van der Waals surface area contributed by atoms with Crippen molar-refractivity contribution in [3.05, 3.63) is 93.5 Å². The normalized spacial score (nSPS) is 19.0. The zero-order valence-corrected chi connectivity index (χ0v) is 19.9. The zero-order valence-electron chi connectivity index (χ0n) is 19.1. The van der Waals surface area contributed by atoms with Crippen LogP contribution in [0.25, 0.3) is 5.76 Å². The van der Waals surface area contributed by atoms with E-state index in [1.165, 1.54) is 29.7 Å². The standard InChI is InChI=1S/C28H24ClNO5/c1-35-23-12-11-20(15-22(23)29)30-25(18-7-4-8-21(31)14-18)24(27(33)28(30)34)26(32)19-10-9-16-5-2-3-6-17(16)13-19/h4,7-15,25,31-32H,2-3,5-6H2,1H3/b26-24-. The van der Waals surface area contributed by atoms with E-state index in [-0.39, 0.29) is 22.1 Å². The van der Waals surface area contributed by atoms with Gasteiger partial charge in [-0.25, -0.2) is 0 Å². The summed E-state index contributed by atoms with van der Waals surface area (Å²) in [6.07, 6.45) is 4.10. The van der Waals surface area contributed by atoms with Crippen LogP contribution in [-0.2, 0) is 22.4 Å². The Balaban J connectivity index is 1.69. The number of aliphatic hydroxyl groups is 1. The molecule has 35 heavy (non-hydrogen) atoms. The number of benzene rings is 3. The number of aryl methyl sites for hydroxylation is 2. The summed E-state index contributed by atoms with van der Waals surface area (Å²) >= 11 is 6.32. The first-order valence-corrected chi connectivity index (χ1v) is 11.8. The summed E-state index contributed by atoms with van der Waals surface area (Å²) < 4.78 is 5.22. The van der Waals surface area contributed by atoms with Gasteiger partial charge in [-0.1, -0.05) is 35.9 Å². The third kappa shape index (κ3) is 4.04. The Bertz CT molecular complexity index is 1380. The first-order valence-electron chi connectivity index (χ1n) is 11.4. The third-order valence-corrected chi connectivity index (χ3v) is 6.96. The molecule has 3 aromatic rings. The van der Waals surface area contributed by atoms with Gasteiger partial charge in [-0.15, -0.1) is 0 Å². The molecule has 1 heterocycles. The molecule has 1 amide bonds. The number of anilines is 1. The van der Waals surface area contributed by atoms with Crippen molar-refractivity contribution < 1.29 is 24.5 Å². The number of hydrogen-bond donors (Lipinski definition) is 2. The Morgan fingerprint density at radius 3 is 2.49 bits per heavy atom. The fraction of sp³-hybridized carbons (Fsp3) is 0.214. The molecule has 0 aromatic heterocycles. The Labute approximate surface area is 208 Å². The lowest BCUT2D eigenvalue weighted by atomic mass is 9.88. The maximum atomic E-state index is 13.3. The summed E-state index contributed by atoms with van der Waals surface area (Å²) in [5.41, 5.74) is 3.69. The molecule has 1 atom stereocenters. The summed E-state index contributed by atoms with van der Waals surface area (Å²) in [5, 5.41) is 21.8. The monoisotopic (exact) mass is 489 g/mol. The maximum absolute atomic E-state index is 13.3. The number of halogens is 1. The number of carbonyl (C=O) groups excluding carboxylic acids is 2. The number of Topliss-reactive ketones (excluding diaryl/α,β-unsaturated/α-hetero) is 1. The van der Waals surface area contributed by atoms with Crippen LogP contribution in [0.2, 0.25) is 5.02 Å². The van der Waals surface area contributed by atoms with Crippen molar-refractivity contribution >= 4 is 34.7 Å². The Hall–Kier alpha value is -3.77. The third-order valence-electron chi connectivity index (χ3n) is 6.67. The number of phenols is 1. The van der Waals surface area contributed by atoms with Gasteiger partial charge in [-0.05, 0) is 78.8 Å². The average Bonchev–Trinajstić information content (AvgIpc) is 3.13. The van der Waals surface area contributed by atoms with E-state index in [2.05, 4.69) is 0 Å². The second kappa shape index (κ2) is 9.12. The fourth-order valence-electron chi connectivity index (χ4n) is 4.95. The number of aliphatic hydroxyl groups excluding tert-OH is 1.